The second-order valence-electron chi connectivity index (χ2n) is 17.1. The molecule has 4 amide bonds. The molecule has 14 heteroatoms. The third kappa shape index (κ3) is 8.81. The third-order valence-corrected chi connectivity index (χ3v) is 12.7. The van der Waals surface area contributed by atoms with Gasteiger partial charge >= 0.3 is 12.2 Å². The summed E-state index contributed by atoms with van der Waals surface area (Å²) >= 11 is 0. The van der Waals surface area contributed by atoms with Crippen LogP contribution in [0.15, 0.2) is 91.0 Å². The van der Waals surface area contributed by atoms with Crippen molar-refractivity contribution in [1.82, 2.24) is 40.8 Å². The van der Waals surface area contributed by atoms with E-state index in [9.17, 15) is 19.2 Å². The number of rotatable bonds is 14. The summed E-state index contributed by atoms with van der Waals surface area (Å²) in [7, 11) is 2.58. The summed E-state index contributed by atoms with van der Waals surface area (Å²) in [4.78, 5) is 71.4. The number of methoxy groups -OCH3 is 2. The number of alkyl carbamates (subject to hydrolysis) is 2. The highest BCUT2D eigenvalue weighted by Crippen LogP contribution is 2.39. The molecule has 64 heavy (non-hydrogen) atoms. The summed E-state index contributed by atoms with van der Waals surface area (Å²) < 4.78 is 9.70. The summed E-state index contributed by atoms with van der Waals surface area (Å²) in [5.74, 6) is 1.02. The molecule has 0 spiro atoms. The maximum atomic E-state index is 14.2. The number of ether oxygens (including phenoxy) is 2. The average Bonchev–Trinajstić information content (AvgIpc) is 4.07. The summed E-state index contributed by atoms with van der Waals surface area (Å²) in [5.41, 5.74) is 6.19. The van der Waals surface area contributed by atoms with Crippen LogP contribution in [0.3, 0.4) is 0 Å². The number of carbonyl (C=O) groups excluding carboxylic acids is 4. The Morgan fingerprint density at radius 3 is 2.03 bits per heavy atom. The van der Waals surface area contributed by atoms with Crippen LogP contribution >= 0.6 is 0 Å². The van der Waals surface area contributed by atoms with E-state index in [1.165, 1.54) is 14.2 Å². The van der Waals surface area contributed by atoms with E-state index in [1.807, 2.05) is 61.2 Å². The Morgan fingerprint density at radius 2 is 1.41 bits per heavy atom. The van der Waals surface area contributed by atoms with Gasteiger partial charge in [-0.15, -0.1) is 0 Å². The summed E-state index contributed by atoms with van der Waals surface area (Å²) in [6, 6.07) is 27.9. The molecule has 8 rings (SSSR count). The second-order valence-corrected chi connectivity index (χ2v) is 17.1. The number of nitrogens with one attached hydrogen (secondary N) is 5. The average molecular weight is 865 g/mol. The lowest BCUT2D eigenvalue weighted by Gasteiger charge is -2.28. The number of likely N-dealkylation sites (tertiary alicyclic amines) is 1. The molecular weight excluding hydrogens is 809 g/mol. The van der Waals surface area contributed by atoms with Gasteiger partial charge in [0.1, 0.15) is 23.7 Å². The zero-order valence-corrected chi connectivity index (χ0v) is 37.2. The molecule has 332 valence electrons. The van der Waals surface area contributed by atoms with Gasteiger partial charge in [-0.05, 0) is 76.4 Å². The molecular formula is C50H56N8O6. The number of benzene rings is 5. The number of hydrogen-bond donors (Lipinski definition) is 5. The van der Waals surface area contributed by atoms with Crippen molar-refractivity contribution in [2.45, 2.75) is 84.0 Å². The molecule has 0 unspecified atom stereocenters. The van der Waals surface area contributed by atoms with Crippen molar-refractivity contribution in [2.24, 2.45) is 11.8 Å². The largest absolute Gasteiger partial charge is 0.453 e. The number of imidazole rings is 2. The van der Waals surface area contributed by atoms with Gasteiger partial charge in [0.05, 0.1) is 48.4 Å². The van der Waals surface area contributed by atoms with Crippen molar-refractivity contribution in [3.05, 3.63) is 108 Å². The molecule has 14 nitrogen and oxygen atoms in total. The number of hydrogen-bond acceptors (Lipinski definition) is 8. The van der Waals surface area contributed by atoms with Crippen molar-refractivity contribution in [3.8, 4) is 11.1 Å². The van der Waals surface area contributed by atoms with Crippen molar-refractivity contribution >= 4 is 67.6 Å². The van der Waals surface area contributed by atoms with Gasteiger partial charge in [-0.25, -0.2) is 19.6 Å². The highest BCUT2D eigenvalue weighted by Gasteiger charge is 2.40. The molecule has 1 saturated heterocycles. The predicted octanol–water partition coefficient (Wildman–Crippen LogP) is 9.54. The molecule has 0 aliphatic carbocycles. The Hall–Kier alpha value is -6.96. The van der Waals surface area contributed by atoms with E-state index < -0.39 is 24.3 Å². The van der Waals surface area contributed by atoms with Gasteiger partial charge in [0, 0.05) is 17.3 Å². The molecule has 3 heterocycles. The monoisotopic (exact) mass is 864 g/mol. The lowest BCUT2D eigenvalue weighted by Crippen LogP contribution is -2.51. The van der Waals surface area contributed by atoms with Gasteiger partial charge in [-0.3, -0.25) is 9.59 Å². The van der Waals surface area contributed by atoms with Gasteiger partial charge in [0.15, 0.2) is 0 Å². The van der Waals surface area contributed by atoms with E-state index in [0.29, 0.717) is 36.6 Å². The first-order chi connectivity index (χ1) is 31.0. The summed E-state index contributed by atoms with van der Waals surface area (Å²) in [6.45, 7) is 8.68. The van der Waals surface area contributed by atoms with Crippen molar-refractivity contribution in [2.75, 3.05) is 20.8 Å². The Labute approximate surface area is 371 Å². The Balaban J connectivity index is 1.06. The van der Waals surface area contributed by atoms with Gasteiger partial charge in [0.2, 0.25) is 5.91 Å². The molecule has 0 saturated carbocycles. The van der Waals surface area contributed by atoms with Crippen LogP contribution in [0, 0.1) is 11.8 Å². The molecule has 6 atom stereocenters. The predicted molar refractivity (Wildman–Crippen MR) is 248 cm³/mol. The molecule has 1 fully saturated rings. The maximum absolute atomic E-state index is 14.2. The van der Waals surface area contributed by atoms with Crippen LogP contribution in [0.5, 0.6) is 0 Å². The first-order valence-electron chi connectivity index (χ1n) is 22.2. The highest BCUT2D eigenvalue weighted by molar-refractivity contribution is 6.07. The van der Waals surface area contributed by atoms with Crippen LogP contribution in [0.4, 0.5) is 9.59 Å². The van der Waals surface area contributed by atoms with Crippen LogP contribution in [-0.4, -0.2) is 75.6 Å². The smallest absolute Gasteiger partial charge is 0.407 e. The fraction of sp³-hybridized carbons (Fsp3) is 0.360. The molecule has 5 aromatic carbocycles. The number of amides is 4. The van der Waals surface area contributed by atoms with E-state index >= 15 is 0 Å². The highest BCUT2D eigenvalue weighted by atomic mass is 16.5. The number of H-pyrrole nitrogens is 2. The first-order valence-corrected chi connectivity index (χ1v) is 22.2. The normalized spacial score (nSPS) is 17.0. The maximum Gasteiger partial charge on any atom is 0.407 e. The number of carbonyl (C=O) groups is 4. The number of nitrogens with zero attached hydrogens (tertiary/aromatic N) is 3. The third-order valence-electron chi connectivity index (χ3n) is 12.7. The molecule has 5 N–H and O–H groups in total. The van der Waals surface area contributed by atoms with Gasteiger partial charge in [-0.2, -0.15) is 0 Å². The van der Waals surface area contributed by atoms with E-state index in [1.54, 1.807) is 0 Å². The molecule has 0 bridgehead atoms. The lowest BCUT2D eigenvalue weighted by molar-refractivity contribution is -0.134. The SMILES string of the molecule is CCCC[C@H](NC(=O)[C@@H](NC(=O)OC)[C@@H](C)CC)c1nc2c(ccc3cc(-c4ccc5c(ccc6[nH]c([C@@H]7C[C@H](C)CN7C(=O)[C@H](NC(=O)OC)c7ccccc7)nc65)c4)ccc32)[nH]1. The molecule has 7 aromatic rings. The minimum absolute atomic E-state index is 0.101. The van der Waals surface area contributed by atoms with Crippen molar-refractivity contribution < 1.29 is 28.7 Å². The van der Waals surface area contributed by atoms with Gasteiger partial charge < -0.3 is 40.3 Å². The lowest BCUT2D eigenvalue weighted by atomic mass is 9.97. The standard InChI is InChI=1S/C50H56N8O6/c1-7-9-15-39(53-47(59)41(29(4)8-2)56-49(61)63-5)45-51-37-22-18-33-25-31(16-20-35(33)43(37)54-45)32-17-21-36-34(26-32)19-23-38-44(36)55-46(52-38)40-24-28(3)27-58(40)48(60)42(57-50(62)64-6)30-13-11-10-12-14-30/h10-14,16-23,25-26,28-29,39-42H,7-9,15,24,27H2,1-6H3,(H,51,54)(H,52,55)(H,53,59)(H,56,61)(H,57,62)/t28-,29-,39-,40-,41-,42+/m0/s1. The van der Waals surface area contributed by atoms with Crippen LogP contribution in [0.2, 0.25) is 0 Å². The molecule has 1 aliphatic heterocycles. The zero-order valence-electron chi connectivity index (χ0n) is 37.2. The number of aromatic nitrogens is 4. The second kappa shape index (κ2) is 18.8. The van der Waals surface area contributed by atoms with Crippen LogP contribution in [-0.2, 0) is 19.1 Å². The van der Waals surface area contributed by atoms with Gasteiger partial charge in [0.25, 0.3) is 5.91 Å². The minimum Gasteiger partial charge on any atom is -0.453 e. The van der Waals surface area contributed by atoms with E-state index in [0.717, 1.165) is 74.0 Å². The number of aromatic amines is 2. The molecule has 0 radical (unpaired) electrons. The quantitative estimate of drug-likeness (QED) is 0.0716. The van der Waals surface area contributed by atoms with Crippen LogP contribution < -0.4 is 16.0 Å². The molecule has 2 aromatic heterocycles. The van der Waals surface area contributed by atoms with E-state index in [2.05, 4.69) is 88.3 Å². The van der Waals surface area contributed by atoms with E-state index in [4.69, 9.17) is 19.4 Å². The summed E-state index contributed by atoms with van der Waals surface area (Å²) in [5, 5.41) is 12.7. The fourth-order valence-corrected chi connectivity index (χ4v) is 8.98. The first kappa shape index (κ1) is 43.7. The Bertz CT molecular complexity index is 2840. The number of fused-ring (bicyclic) bond motifs is 6. The van der Waals surface area contributed by atoms with Crippen LogP contribution in [0.25, 0.3) is 54.7 Å². The topological polar surface area (TPSA) is 183 Å². The number of unbranched alkanes of at least 4 members (excludes halogenated alkanes) is 1. The van der Waals surface area contributed by atoms with E-state index in [-0.39, 0.29) is 35.7 Å². The van der Waals surface area contributed by atoms with Gasteiger partial charge in [-0.1, -0.05) is 114 Å². The van der Waals surface area contributed by atoms with Crippen molar-refractivity contribution in [3.63, 3.8) is 0 Å². The summed E-state index contributed by atoms with van der Waals surface area (Å²) in [6.07, 6.45) is 2.64. The molecule has 1 aliphatic rings. The zero-order chi connectivity index (χ0) is 45.1. The fourth-order valence-electron chi connectivity index (χ4n) is 8.98. The van der Waals surface area contributed by atoms with Crippen molar-refractivity contribution in [1.29, 1.82) is 0 Å². The van der Waals surface area contributed by atoms with Crippen LogP contribution in [0.1, 0.15) is 95.1 Å². The minimum atomic E-state index is -0.905. The Kier molecular flexibility index (Phi) is 12.8. The Morgan fingerprint density at radius 1 is 0.781 bits per heavy atom.